The molecule has 1 unspecified atom stereocenters. The van der Waals surface area contributed by atoms with Gasteiger partial charge in [-0.05, 0) is 56.2 Å². The Morgan fingerprint density at radius 2 is 2.14 bits per heavy atom. The predicted molar refractivity (Wildman–Crippen MR) is 89.5 cm³/mol. The van der Waals surface area contributed by atoms with Crippen LogP contribution in [0.5, 0.6) is 5.75 Å². The minimum absolute atomic E-state index is 0.186. The van der Waals surface area contributed by atoms with E-state index in [0.29, 0.717) is 12.0 Å². The summed E-state index contributed by atoms with van der Waals surface area (Å²) in [5.74, 6) is -0.269. The zero-order valence-corrected chi connectivity index (χ0v) is 14.0. The van der Waals surface area contributed by atoms with E-state index in [9.17, 15) is 9.50 Å². The van der Waals surface area contributed by atoms with Gasteiger partial charge in [0.2, 0.25) is 0 Å². The first-order chi connectivity index (χ1) is 10.3. The minimum Gasteiger partial charge on any atom is -0.494 e. The molecule has 0 aliphatic carbocycles. The highest BCUT2D eigenvalue weighted by atomic mass is 19.1. The van der Waals surface area contributed by atoms with Gasteiger partial charge in [-0.25, -0.2) is 4.39 Å². The third-order valence-corrected chi connectivity index (χ3v) is 3.98. The lowest BCUT2D eigenvalue weighted by atomic mass is 9.79. The van der Waals surface area contributed by atoms with Gasteiger partial charge in [-0.2, -0.15) is 0 Å². The zero-order chi connectivity index (χ0) is 16.8. The van der Waals surface area contributed by atoms with E-state index in [1.165, 1.54) is 18.7 Å². The number of aliphatic hydroxyl groups excluding tert-OH is 1. The Hall–Kier alpha value is -1.61. The summed E-state index contributed by atoms with van der Waals surface area (Å²) in [7, 11) is 1.42. The molecule has 1 rings (SSSR count). The van der Waals surface area contributed by atoms with E-state index in [2.05, 4.69) is 33.4 Å². The Morgan fingerprint density at radius 3 is 2.64 bits per heavy atom. The van der Waals surface area contributed by atoms with Gasteiger partial charge in [0.25, 0.3) is 0 Å². The fraction of sp³-hybridized carbons (Fsp3) is 0.474. The number of aliphatic hydroxyl groups is 1. The van der Waals surface area contributed by atoms with Crippen molar-refractivity contribution in [2.24, 2.45) is 5.41 Å². The molecule has 0 spiro atoms. The Bertz CT molecular complexity index is 532. The number of benzene rings is 1. The standard InChI is InChI=1S/C19H27FO2/c1-6-19(4,11-7-8-14(2)3)13-17(21)15-9-10-18(22-5)16(20)12-15/h6,8-10,12,17,21H,1,7,11,13H2,2-5H3/t17?,19-/m1/s1. The molecule has 2 nitrogen and oxygen atoms in total. The number of rotatable bonds is 8. The molecular formula is C19H27FO2. The monoisotopic (exact) mass is 306 g/mol. The number of hydrogen-bond acceptors (Lipinski definition) is 2. The van der Waals surface area contributed by atoms with Crippen molar-refractivity contribution in [1.29, 1.82) is 0 Å². The van der Waals surface area contributed by atoms with E-state index in [1.807, 2.05) is 6.08 Å². The first-order valence-corrected chi connectivity index (χ1v) is 7.60. The van der Waals surface area contributed by atoms with Crippen LogP contribution >= 0.6 is 0 Å². The topological polar surface area (TPSA) is 29.5 Å². The molecule has 0 aliphatic heterocycles. The maximum Gasteiger partial charge on any atom is 0.165 e. The van der Waals surface area contributed by atoms with Crippen LogP contribution in [0.1, 0.15) is 51.7 Å². The Morgan fingerprint density at radius 1 is 1.45 bits per heavy atom. The van der Waals surface area contributed by atoms with Gasteiger partial charge < -0.3 is 9.84 Å². The molecule has 0 bridgehead atoms. The van der Waals surface area contributed by atoms with Gasteiger partial charge in [-0.1, -0.05) is 30.7 Å². The average molecular weight is 306 g/mol. The summed E-state index contributed by atoms with van der Waals surface area (Å²) in [5, 5.41) is 10.4. The number of hydrogen-bond donors (Lipinski definition) is 1. The van der Waals surface area contributed by atoms with Crippen LogP contribution in [0.15, 0.2) is 42.5 Å². The fourth-order valence-electron chi connectivity index (χ4n) is 2.43. The molecule has 3 heteroatoms. The summed E-state index contributed by atoms with van der Waals surface area (Å²) in [6.07, 6.45) is 5.69. The number of allylic oxidation sites excluding steroid dienone is 3. The molecule has 0 amide bonds. The lowest BCUT2D eigenvalue weighted by Gasteiger charge is -2.28. The quantitative estimate of drug-likeness (QED) is 0.669. The van der Waals surface area contributed by atoms with Crippen LogP contribution in [0, 0.1) is 11.2 Å². The Balaban J connectivity index is 2.79. The maximum atomic E-state index is 13.8. The van der Waals surface area contributed by atoms with E-state index in [0.717, 1.165) is 12.8 Å². The largest absolute Gasteiger partial charge is 0.494 e. The van der Waals surface area contributed by atoms with Gasteiger partial charge in [-0.3, -0.25) is 0 Å². The molecule has 1 aromatic rings. The van der Waals surface area contributed by atoms with E-state index < -0.39 is 11.9 Å². The molecule has 0 fully saturated rings. The van der Waals surface area contributed by atoms with Crippen molar-refractivity contribution in [3.63, 3.8) is 0 Å². The normalized spacial score (nSPS) is 14.8. The third kappa shape index (κ3) is 5.30. The Kier molecular flexibility index (Phi) is 6.82. The number of halogens is 1. The molecule has 0 aliphatic rings. The second-order valence-electron chi connectivity index (χ2n) is 6.29. The van der Waals surface area contributed by atoms with Crippen molar-refractivity contribution in [3.05, 3.63) is 53.9 Å². The molecular weight excluding hydrogens is 279 g/mol. The van der Waals surface area contributed by atoms with Gasteiger partial charge in [-0.15, -0.1) is 6.58 Å². The van der Waals surface area contributed by atoms with Crippen LogP contribution in [0.3, 0.4) is 0 Å². The Labute approximate surface area is 133 Å². The van der Waals surface area contributed by atoms with Crippen molar-refractivity contribution >= 4 is 0 Å². The van der Waals surface area contributed by atoms with Crippen LogP contribution in [0.25, 0.3) is 0 Å². The number of ether oxygens (including phenoxy) is 1. The van der Waals surface area contributed by atoms with E-state index in [4.69, 9.17) is 4.74 Å². The lowest BCUT2D eigenvalue weighted by molar-refractivity contribution is 0.122. The fourth-order valence-corrected chi connectivity index (χ4v) is 2.43. The molecule has 0 saturated carbocycles. The summed E-state index contributed by atoms with van der Waals surface area (Å²) in [5.41, 5.74) is 1.65. The van der Waals surface area contributed by atoms with Crippen LogP contribution < -0.4 is 4.74 Å². The number of methoxy groups -OCH3 is 1. The molecule has 22 heavy (non-hydrogen) atoms. The van der Waals surface area contributed by atoms with Crippen molar-refractivity contribution in [2.45, 2.75) is 46.1 Å². The molecule has 1 N–H and O–H groups in total. The maximum absolute atomic E-state index is 13.8. The van der Waals surface area contributed by atoms with Crippen LogP contribution in [-0.2, 0) is 0 Å². The van der Waals surface area contributed by atoms with Gasteiger partial charge in [0.1, 0.15) is 0 Å². The second kappa shape index (κ2) is 8.14. The lowest BCUT2D eigenvalue weighted by Crippen LogP contribution is -2.17. The van der Waals surface area contributed by atoms with Crippen molar-refractivity contribution < 1.29 is 14.2 Å². The van der Waals surface area contributed by atoms with Gasteiger partial charge >= 0.3 is 0 Å². The minimum atomic E-state index is -0.727. The summed E-state index contributed by atoms with van der Waals surface area (Å²) < 4.78 is 18.7. The molecule has 0 aromatic heterocycles. The van der Waals surface area contributed by atoms with Crippen LogP contribution in [-0.4, -0.2) is 12.2 Å². The second-order valence-corrected chi connectivity index (χ2v) is 6.29. The molecule has 1 aromatic carbocycles. The first-order valence-electron chi connectivity index (χ1n) is 7.60. The van der Waals surface area contributed by atoms with Crippen LogP contribution in [0.4, 0.5) is 4.39 Å². The molecule has 122 valence electrons. The third-order valence-electron chi connectivity index (χ3n) is 3.98. The highest BCUT2D eigenvalue weighted by molar-refractivity contribution is 5.30. The van der Waals surface area contributed by atoms with E-state index in [1.54, 1.807) is 12.1 Å². The van der Waals surface area contributed by atoms with Gasteiger partial charge in [0.15, 0.2) is 11.6 Å². The van der Waals surface area contributed by atoms with Gasteiger partial charge in [0.05, 0.1) is 13.2 Å². The van der Waals surface area contributed by atoms with Crippen molar-refractivity contribution in [1.82, 2.24) is 0 Å². The molecule has 0 saturated heterocycles. The van der Waals surface area contributed by atoms with Crippen LogP contribution in [0.2, 0.25) is 0 Å². The smallest absolute Gasteiger partial charge is 0.165 e. The highest BCUT2D eigenvalue weighted by Crippen LogP contribution is 2.36. The van der Waals surface area contributed by atoms with E-state index in [-0.39, 0.29) is 11.2 Å². The molecule has 0 radical (unpaired) electrons. The predicted octanol–water partition coefficient (Wildman–Crippen LogP) is 5.20. The average Bonchev–Trinajstić information content (AvgIpc) is 2.46. The van der Waals surface area contributed by atoms with Gasteiger partial charge in [0, 0.05) is 0 Å². The van der Waals surface area contributed by atoms with Crippen molar-refractivity contribution in [2.75, 3.05) is 7.11 Å². The summed E-state index contributed by atoms with van der Waals surface area (Å²) >= 11 is 0. The first kappa shape index (κ1) is 18.4. The molecule has 0 heterocycles. The zero-order valence-electron chi connectivity index (χ0n) is 14.0. The summed E-state index contributed by atoms with van der Waals surface area (Å²) in [6.45, 7) is 10.1. The summed E-state index contributed by atoms with van der Waals surface area (Å²) in [6, 6.07) is 4.58. The van der Waals surface area contributed by atoms with Crippen molar-refractivity contribution in [3.8, 4) is 5.75 Å². The highest BCUT2D eigenvalue weighted by Gasteiger charge is 2.25. The SMILES string of the molecule is C=C[C@](C)(CCC=C(C)C)CC(O)c1ccc(OC)c(F)c1. The summed E-state index contributed by atoms with van der Waals surface area (Å²) in [4.78, 5) is 0. The van der Waals surface area contributed by atoms with E-state index >= 15 is 0 Å². The molecule has 2 atom stereocenters.